The summed E-state index contributed by atoms with van der Waals surface area (Å²) in [5.74, 6) is -0.108. The summed E-state index contributed by atoms with van der Waals surface area (Å²) >= 11 is 0. The molecule has 0 bridgehead atoms. The molecule has 2 amide bonds. The molecule has 0 unspecified atom stereocenters. The van der Waals surface area contributed by atoms with E-state index in [1.54, 1.807) is 36.4 Å². The van der Waals surface area contributed by atoms with Crippen LogP contribution in [0, 0.1) is 0 Å². The van der Waals surface area contributed by atoms with E-state index in [1.165, 1.54) is 6.26 Å². The summed E-state index contributed by atoms with van der Waals surface area (Å²) in [4.78, 5) is 24.1. The van der Waals surface area contributed by atoms with Crippen molar-refractivity contribution in [3.05, 3.63) is 48.2 Å². The van der Waals surface area contributed by atoms with Crippen LogP contribution < -0.4 is 10.6 Å². The van der Waals surface area contributed by atoms with Crippen LogP contribution in [0.1, 0.15) is 23.2 Å². The van der Waals surface area contributed by atoms with Crippen LogP contribution in [0.4, 0.5) is 11.6 Å². The maximum Gasteiger partial charge on any atom is 0.258 e. The second-order valence-corrected chi connectivity index (χ2v) is 5.00. The Morgan fingerprint density at radius 1 is 1.14 bits per heavy atom. The lowest BCUT2D eigenvalue weighted by atomic mass is 10.1. The number of hydrogen-bond acceptors (Lipinski definition) is 4. The highest BCUT2D eigenvalue weighted by Gasteiger charge is 2.23. The topological polar surface area (TPSA) is 80.6 Å². The van der Waals surface area contributed by atoms with Gasteiger partial charge < -0.3 is 14.5 Å². The maximum atomic E-state index is 12.1. The first-order valence-corrected chi connectivity index (χ1v) is 7.10. The second-order valence-electron chi connectivity index (χ2n) is 5.00. The van der Waals surface area contributed by atoms with E-state index in [9.17, 15) is 9.59 Å². The van der Waals surface area contributed by atoms with Crippen molar-refractivity contribution in [1.29, 1.82) is 0 Å². The minimum absolute atomic E-state index is 0.180. The lowest BCUT2D eigenvalue weighted by molar-refractivity contribution is -0.124. The normalized spacial score (nSPS) is 17.2. The number of anilines is 2. The Morgan fingerprint density at radius 2 is 2.05 bits per heavy atom. The molecule has 3 rings (SSSR count). The summed E-state index contributed by atoms with van der Waals surface area (Å²) in [6.07, 6.45) is 2.70. The molecule has 0 aliphatic carbocycles. The van der Waals surface area contributed by atoms with Crippen LogP contribution in [0.15, 0.2) is 47.1 Å². The van der Waals surface area contributed by atoms with Crippen LogP contribution in [0.2, 0.25) is 0 Å². The van der Waals surface area contributed by atoms with E-state index in [-0.39, 0.29) is 11.8 Å². The van der Waals surface area contributed by atoms with Crippen LogP contribution in [-0.2, 0) is 9.53 Å². The van der Waals surface area contributed by atoms with Gasteiger partial charge in [0.05, 0.1) is 6.26 Å². The predicted octanol–water partition coefficient (Wildman–Crippen LogP) is 2.65. The predicted molar refractivity (Wildman–Crippen MR) is 80.7 cm³/mol. The second kappa shape index (κ2) is 6.44. The molecular weight excluding hydrogens is 284 g/mol. The molecule has 1 aliphatic rings. The third-order valence-electron chi connectivity index (χ3n) is 3.37. The van der Waals surface area contributed by atoms with Crippen molar-refractivity contribution in [2.24, 2.45) is 0 Å². The number of furan rings is 1. The van der Waals surface area contributed by atoms with Gasteiger partial charge in [0.25, 0.3) is 11.8 Å². The summed E-state index contributed by atoms with van der Waals surface area (Å²) in [5, 5.41) is 5.40. The van der Waals surface area contributed by atoms with E-state index >= 15 is 0 Å². The fourth-order valence-corrected chi connectivity index (χ4v) is 2.28. The van der Waals surface area contributed by atoms with Crippen LogP contribution in [-0.4, -0.2) is 24.5 Å². The molecule has 1 saturated heterocycles. The third kappa shape index (κ3) is 3.35. The van der Waals surface area contributed by atoms with Gasteiger partial charge in [-0.15, -0.1) is 0 Å². The quantitative estimate of drug-likeness (QED) is 0.909. The molecule has 2 aromatic rings. The van der Waals surface area contributed by atoms with Gasteiger partial charge >= 0.3 is 0 Å². The van der Waals surface area contributed by atoms with Crippen molar-refractivity contribution < 1.29 is 18.7 Å². The molecule has 0 saturated carbocycles. The van der Waals surface area contributed by atoms with Crippen molar-refractivity contribution in [3.8, 4) is 0 Å². The monoisotopic (exact) mass is 300 g/mol. The van der Waals surface area contributed by atoms with Crippen molar-refractivity contribution in [1.82, 2.24) is 0 Å². The lowest BCUT2D eigenvalue weighted by Crippen LogP contribution is -2.27. The minimum atomic E-state index is -0.402. The zero-order valence-electron chi connectivity index (χ0n) is 11.9. The Hall–Kier alpha value is -2.60. The summed E-state index contributed by atoms with van der Waals surface area (Å²) in [6.45, 7) is 0.615. The highest BCUT2D eigenvalue weighted by Crippen LogP contribution is 2.17. The number of amides is 2. The van der Waals surface area contributed by atoms with Gasteiger partial charge in [0.15, 0.2) is 5.88 Å². The van der Waals surface area contributed by atoms with E-state index in [0.717, 1.165) is 12.8 Å². The Labute approximate surface area is 127 Å². The molecule has 1 aliphatic heterocycles. The average Bonchev–Trinajstić information content (AvgIpc) is 3.21. The van der Waals surface area contributed by atoms with Gasteiger partial charge in [0.1, 0.15) is 6.10 Å². The molecule has 1 fully saturated rings. The SMILES string of the molecule is O=C(Nc1ccco1)c1cccc(NC(=O)[C@@H]2CCCO2)c1. The van der Waals surface area contributed by atoms with Gasteiger partial charge in [-0.1, -0.05) is 6.07 Å². The standard InChI is InChI=1S/C16H16N2O4/c19-15(18-14-7-3-9-22-14)11-4-1-5-12(10-11)17-16(20)13-6-2-8-21-13/h1,3-5,7,9-10,13H,2,6,8H2,(H,17,20)(H,18,19)/t13-/m0/s1. The third-order valence-corrected chi connectivity index (χ3v) is 3.37. The first-order chi connectivity index (χ1) is 10.7. The molecule has 2 N–H and O–H groups in total. The molecule has 0 radical (unpaired) electrons. The fraction of sp³-hybridized carbons (Fsp3) is 0.250. The van der Waals surface area contributed by atoms with E-state index in [0.29, 0.717) is 23.7 Å². The van der Waals surface area contributed by atoms with Gasteiger partial charge in [-0.05, 0) is 37.1 Å². The zero-order valence-corrected chi connectivity index (χ0v) is 11.9. The molecule has 114 valence electrons. The van der Waals surface area contributed by atoms with E-state index in [2.05, 4.69) is 10.6 Å². The smallest absolute Gasteiger partial charge is 0.258 e. The van der Waals surface area contributed by atoms with Gasteiger partial charge in [-0.2, -0.15) is 0 Å². The Balaban J connectivity index is 1.66. The van der Waals surface area contributed by atoms with Crippen LogP contribution >= 0.6 is 0 Å². The molecule has 1 aromatic carbocycles. The van der Waals surface area contributed by atoms with Crippen LogP contribution in [0.5, 0.6) is 0 Å². The molecule has 6 heteroatoms. The number of ether oxygens (including phenoxy) is 1. The van der Waals surface area contributed by atoms with Crippen molar-refractivity contribution in [2.45, 2.75) is 18.9 Å². The number of rotatable bonds is 4. The highest BCUT2D eigenvalue weighted by molar-refractivity contribution is 6.04. The summed E-state index contributed by atoms with van der Waals surface area (Å²) < 4.78 is 10.4. The Morgan fingerprint density at radius 3 is 2.77 bits per heavy atom. The lowest BCUT2D eigenvalue weighted by Gasteiger charge is -2.11. The molecule has 22 heavy (non-hydrogen) atoms. The first-order valence-electron chi connectivity index (χ1n) is 7.10. The summed E-state index contributed by atoms with van der Waals surface area (Å²) in [5.41, 5.74) is 0.995. The van der Waals surface area contributed by atoms with Crippen LogP contribution in [0.3, 0.4) is 0 Å². The maximum absolute atomic E-state index is 12.1. The van der Waals surface area contributed by atoms with Gasteiger partial charge in [-0.3, -0.25) is 14.9 Å². The minimum Gasteiger partial charge on any atom is -0.449 e. The Kier molecular flexibility index (Phi) is 4.20. The van der Waals surface area contributed by atoms with Crippen molar-refractivity contribution in [3.63, 3.8) is 0 Å². The summed E-state index contributed by atoms with van der Waals surface area (Å²) in [7, 11) is 0. The first kappa shape index (κ1) is 14.3. The molecular formula is C16H16N2O4. The van der Waals surface area contributed by atoms with E-state index < -0.39 is 6.10 Å². The average molecular weight is 300 g/mol. The molecule has 6 nitrogen and oxygen atoms in total. The van der Waals surface area contributed by atoms with Crippen molar-refractivity contribution >= 4 is 23.4 Å². The van der Waals surface area contributed by atoms with E-state index in [4.69, 9.17) is 9.15 Å². The van der Waals surface area contributed by atoms with Gasteiger partial charge in [0.2, 0.25) is 0 Å². The highest BCUT2D eigenvalue weighted by atomic mass is 16.5. The number of nitrogens with one attached hydrogen (secondary N) is 2. The number of hydrogen-bond donors (Lipinski definition) is 2. The number of carbonyl (C=O) groups is 2. The molecule has 1 atom stereocenters. The van der Waals surface area contributed by atoms with Crippen LogP contribution in [0.25, 0.3) is 0 Å². The number of benzene rings is 1. The van der Waals surface area contributed by atoms with Gasteiger partial charge in [-0.25, -0.2) is 0 Å². The van der Waals surface area contributed by atoms with Crippen molar-refractivity contribution in [2.75, 3.05) is 17.2 Å². The molecule has 2 heterocycles. The number of carbonyl (C=O) groups excluding carboxylic acids is 2. The van der Waals surface area contributed by atoms with E-state index in [1.807, 2.05) is 0 Å². The fourth-order valence-electron chi connectivity index (χ4n) is 2.28. The van der Waals surface area contributed by atoms with Gasteiger partial charge in [0, 0.05) is 23.9 Å². The summed E-state index contributed by atoms with van der Waals surface area (Å²) in [6, 6.07) is 10.1. The molecule has 1 aromatic heterocycles. The Bertz CT molecular complexity index is 661. The zero-order chi connectivity index (χ0) is 15.4. The molecule has 0 spiro atoms. The largest absolute Gasteiger partial charge is 0.449 e.